The summed E-state index contributed by atoms with van der Waals surface area (Å²) in [6.45, 7) is 6.37. The fourth-order valence-corrected chi connectivity index (χ4v) is 3.68. The number of nitrogens with one attached hydrogen (secondary N) is 2. The Labute approximate surface area is 226 Å². The summed E-state index contributed by atoms with van der Waals surface area (Å²) in [6.07, 6.45) is 3.51. The molecule has 0 spiro atoms. The number of hydrazone groups is 1. The number of para-hydroxylation sites is 1. The van der Waals surface area contributed by atoms with Crippen LogP contribution in [0.3, 0.4) is 0 Å². The van der Waals surface area contributed by atoms with Crippen molar-refractivity contribution in [3.63, 3.8) is 0 Å². The molecule has 0 aliphatic rings. The number of ether oxygens (including phenoxy) is 2. The smallest absolute Gasteiger partial charge is 0.240 e. The Morgan fingerprint density at radius 2 is 1.76 bits per heavy atom. The highest BCUT2D eigenvalue weighted by Gasteiger charge is 2.14. The SMILES string of the molecule is C=CCc1cc(C=NNC(=O)CCC(=O)Nc2ccccc2F)cc(OCC)c1OCc1ccccc1Cl. The maximum absolute atomic E-state index is 13.7. The van der Waals surface area contributed by atoms with Gasteiger partial charge in [-0.15, -0.1) is 6.58 Å². The second-order valence-electron chi connectivity index (χ2n) is 8.13. The van der Waals surface area contributed by atoms with Crippen molar-refractivity contribution in [1.29, 1.82) is 0 Å². The van der Waals surface area contributed by atoms with Gasteiger partial charge in [0, 0.05) is 29.0 Å². The summed E-state index contributed by atoms with van der Waals surface area (Å²) >= 11 is 6.27. The second-order valence-corrected chi connectivity index (χ2v) is 8.54. The van der Waals surface area contributed by atoms with Gasteiger partial charge in [-0.05, 0) is 49.2 Å². The van der Waals surface area contributed by atoms with E-state index in [1.165, 1.54) is 24.4 Å². The van der Waals surface area contributed by atoms with Gasteiger partial charge in [-0.1, -0.05) is 48.0 Å². The molecule has 2 amide bonds. The molecule has 9 heteroatoms. The molecule has 7 nitrogen and oxygen atoms in total. The lowest BCUT2D eigenvalue weighted by Crippen LogP contribution is -2.21. The maximum Gasteiger partial charge on any atom is 0.240 e. The standard InChI is InChI=1S/C29H29ClFN3O4/c1-3-9-21-16-20(17-26(37-4-2)29(21)38-19-22-10-5-6-11-23(22)30)18-32-34-28(36)15-14-27(35)33-25-13-8-7-12-24(25)31/h3,5-8,10-13,16-18H,1,4,9,14-15,19H2,2H3,(H,33,35)(H,34,36). The molecule has 0 aliphatic carbocycles. The molecule has 3 aromatic carbocycles. The molecular formula is C29H29ClFN3O4. The van der Waals surface area contributed by atoms with Gasteiger partial charge in [0.1, 0.15) is 12.4 Å². The van der Waals surface area contributed by atoms with E-state index in [0.717, 1.165) is 11.1 Å². The van der Waals surface area contributed by atoms with E-state index in [1.807, 2.05) is 31.2 Å². The monoisotopic (exact) mass is 537 g/mol. The molecule has 0 saturated carbocycles. The molecule has 0 radical (unpaired) electrons. The molecule has 0 heterocycles. The number of amides is 2. The van der Waals surface area contributed by atoms with Crippen molar-refractivity contribution in [3.05, 3.63) is 101 Å². The Morgan fingerprint density at radius 3 is 2.50 bits per heavy atom. The first-order valence-corrected chi connectivity index (χ1v) is 12.4. The molecule has 3 rings (SSSR count). The van der Waals surface area contributed by atoms with Crippen molar-refractivity contribution in [3.8, 4) is 11.5 Å². The number of hydrogen-bond acceptors (Lipinski definition) is 5. The summed E-state index contributed by atoms with van der Waals surface area (Å²) in [4.78, 5) is 24.2. The number of benzene rings is 3. The highest BCUT2D eigenvalue weighted by molar-refractivity contribution is 6.31. The van der Waals surface area contributed by atoms with Gasteiger partial charge in [0.2, 0.25) is 11.8 Å². The number of hydrogen-bond donors (Lipinski definition) is 2. The van der Waals surface area contributed by atoms with E-state index in [4.69, 9.17) is 21.1 Å². The van der Waals surface area contributed by atoms with Crippen LogP contribution in [-0.4, -0.2) is 24.6 Å². The van der Waals surface area contributed by atoms with Crippen LogP contribution >= 0.6 is 11.6 Å². The lowest BCUT2D eigenvalue weighted by Gasteiger charge is -2.17. The normalized spacial score (nSPS) is 10.7. The Morgan fingerprint density at radius 1 is 1.03 bits per heavy atom. The Hall–Kier alpha value is -4.17. The quantitative estimate of drug-likeness (QED) is 0.158. The van der Waals surface area contributed by atoms with Gasteiger partial charge in [0.25, 0.3) is 0 Å². The number of nitrogens with zero attached hydrogens (tertiary/aromatic N) is 1. The minimum Gasteiger partial charge on any atom is -0.490 e. The van der Waals surface area contributed by atoms with Gasteiger partial charge in [-0.25, -0.2) is 9.82 Å². The van der Waals surface area contributed by atoms with Gasteiger partial charge in [-0.3, -0.25) is 9.59 Å². The third kappa shape index (κ3) is 8.45. The first kappa shape index (κ1) is 28.4. The molecule has 0 fully saturated rings. The topological polar surface area (TPSA) is 89.0 Å². The fraction of sp³-hybridized carbons (Fsp3) is 0.207. The summed E-state index contributed by atoms with van der Waals surface area (Å²) in [5.74, 6) is -0.374. The Bertz CT molecular complexity index is 1310. The van der Waals surface area contributed by atoms with Crippen molar-refractivity contribution >= 4 is 35.3 Å². The molecule has 0 bridgehead atoms. The first-order chi connectivity index (χ1) is 18.4. The maximum atomic E-state index is 13.7. The van der Waals surface area contributed by atoms with Crippen molar-refractivity contribution < 1.29 is 23.5 Å². The average Bonchev–Trinajstić information content (AvgIpc) is 2.90. The molecule has 0 aromatic heterocycles. The highest BCUT2D eigenvalue weighted by Crippen LogP contribution is 2.34. The average molecular weight is 538 g/mol. The number of anilines is 1. The van der Waals surface area contributed by atoms with E-state index in [0.29, 0.717) is 35.1 Å². The molecule has 2 N–H and O–H groups in total. The third-order valence-electron chi connectivity index (χ3n) is 5.28. The van der Waals surface area contributed by atoms with Gasteiger partial charge >= 0.3 is 0 Å². The first-order valence-electron chi connectivity index (χ1n) is 12.0. The van der Waals surface area contributed by atoms with Crippen LogP contribution in [0.15, 0.2) is 78.4 Å². The molecule has 38 heavy (non-hydrogen) atoms. The lowest BCUT2D eigenvalue weighted by atomic mass is 10.1. The van der Waals surface area contributed by atoms with Crippen molar-refractivity contribution in [2.45, 2.75) is 32.8 Å². The van der Waals surface area contributed by atoms with Gasteiger partial charge in [-0.2, -0.15) is 5.10 Å². The van der Waals surface area contributed by atoms with E-state index < -0.39 is 17.6 Å². The molecule has 0 unspecified atom stereocenters. The van der Waals surface area contributed by atoms with Crippen LogP contribution in [0, 0.1) is 5.82 Å². The van der Waals surface area contributed by atoms with E-state index in [1.54, 1.807) is 24.3 Å². The van der Waals surface area contributed by atoms with E-state index in [2.05, 4.69) is 22.4 Å². The van der Waals surface area contributed by atoms with Crippen LogP contribution in [0.1, 0.15) is 36.5 Å². The number of allylic oxidation sites excluding steroid dienone is 1. The summed E-state index contributed by atoms with van der Waals surface area (Å²) in [7, 11) is 0. The number of carbonyl (C=O) groups is 2. The van der Waals surface area contributed by atoms with Crippen molar-refractivity contribution in [2.75, 3.05) is 11.9 Å². The lowest BCUT2D eigenvalue weighted by molar-refractivity contribution is -0.124. The van der Waals surface area contributed by atoms with Crippen LogP contribution in [-0.2, 0) is 22.6 Å². The largest absolute Gasteiger partial charge is 0.490 e. The summed E-state index contributed by atoms with van der Waals surface area (Å²) in [5, 5.41) is 7.05. The third-order valence-corrected chi connectivity index (χ3v) is 5.65. The number of halogens is 2. The molecule has 0 aliphatic heterocycles. The molecule has 3 aromatic rings. The second kappa shape index (κ2) is 14.5. The van der Waals surface area contributed by atoms with Gasteiger partial charge in [0.15, 0.2) is 11.5 Å². The number of rotatable bonds is 13. The minimum atomic E-state index is -0.544. The number of carbonyl (C=O) groups excluding carboxylic acids is 2. The van der Waals surface area contributed by atoms with E-state index in [-0.39, 0.29) is 25.1 Å². The van der Waals surface area contributed by atoms with Crippen LogP contribution in [0.25, 0.3) is 0 Å². The molecule has 0 atom stereocenters. The zero-order chi connectivity index (χ0) is 27.3. The zero-order valence-electron chi connectivity index (χ0n) is 21.0. The minimum absolute atomic E-state index is 0.0654. The van der Waals surface area contributed by atoms with Crippen LogP contribution in [0.5, 0.6) is 11.5 Å². The van der Waals surface area contributed by atoms with Crippen LogP contribution in [0.2, 0.25) is 5.02 Å². The van der Waals surface area contributed by atoms with E-state index in [9.17, 15) is 14.0 Å². The van der Waals surface area contributed by atoms with Crippen molar-refractivity contribution in [2.24, 2.45) is 5.10 Å². The Balaban J connectivity index is 1.63. The molecule has 198 valence electrons. The predicted octanol–water partition coefficient (Wildman–Crippen LogP) is 6.05. The van der Waals surface area contributed by atoms with Gasteiger partial charge < -0.3 is 14.8 Å². The molecule has 0 saturated heterocycles. The Kier molecular flexibility index (Phi) is 10.9. The molecular weight excluding hydrogens is 509 g/mol. The summed E-state index contributed by atoms with van der Waals surface area (Å²) in [5.41, 5.74) is 4.82. The van der Waals surface area contributed by atoms with Crippen molar-refractivity contribution in [1.82, 2.24) is 5.43 Å². The van der Waals surface area contributed by atoms with Gasteiger partial charge in [0.05, 0.1) is 18.5 Å². The van der Waals surface area contributed by atoms with E-state index >= 15 is 0 Å². The highest BCUT2D eigenvalue weighted by atomic mass is 35.5. The predicted molar refractivity (Wildman–Crippen MR) is 147 cm³/mol. The van der Waals surface area contributed by atoms with Crippen LogP contribution in [0.4, 0.5) is 10.1 Å². The van der Waals surface area contributed by atoms with Crippen LogP contribution < -0.4 is 20.2 Å². The fourth-order valence-electron chi connectivity index (χ4n) is 3.49. The zero-order valence-corrected chi connectivity index (χ0v) is 21.8. The summed E-state index contributed by atoms with van der Waals surface area (Å²) in [6, 6.07) is 16.9. The summed E-state index contributed by atoms with van der Waals surface area (Å²) < 4.78 is 25.6.